The molecule has 1 aromatic carbocycles. The minimum absolute atomic E-state index is 0.0712. The number of para-hydroxylation sites is 1. The summed E-state index contributed by atoms with van der Waals surface area (Å²) in [6.45, 7) is 8.92. The van der Waals surface area contributed by atoms with E-state index in [0.29, 0.717) is 18.0 Å². The van der Waals surface area contributed by atoms with Crippen LogP contribution in [0.3, 0.4) is 0 Å². The molecule has 0 bridgehead atoms. The predicted octanol–water partition coefficient (Wildman–Crippen LogP) is 2.75. The van der Waals surface area contributed by atoms with Crippen LogP contribution < -0.4 is 10.9 Å². The van der Waals surface area contributed by atoms with Crippen molar-refractivity contribution >= 4 is 16.8 Å². The van der Waals surface area contributed by atoms with Crippen LogP contribution in [0, 0.1) is 19.8 Å². The van der Waals surface area contributed by atoms with Crippen LogP contribution in [0.15, 0.2) is 35.1 Å². The van der Waals surface area contributed by atoms with Crippen LogP contribution in [0.25, 0.3) is 16.6 Å². The number of nitrogens with zero attached hydrogens (tertiary/aromatic N) is 4. The van der Waals surface area contributed by atoms with Gasteiger partial charge in [0, 0.05) is 13.0 Å². The topological polar surface area (TPSA) is 81.8 Å². The van der Waals surface area contributed by atoms with Crippen molar-refractivity contribution in [2.24, 2.45) is 5.92 Å². The minimum Gasteiger partial charge on any atom is -0.356 e. The van der Waals surface area contributed by atoms with Crippen LogP contribution in [0.4, 0.5) is 0 Å². The Bertz CT molecular complexity index is 1030. The summed E-state index contributed by atoms with van der Waals surface area (Å²) in [6.07, 6.45) is 1.15. The second-order valence-electron chi connectivity index (χ2n) is 7.45. The third-order valence-electron chi connectivity index (χ3n) is 4.78. The Morgan fingerprint density at radius 2 is 1.86 bits per heavy atom. The lowest BCUT2D eigenvalue weighted by molar-refractivity contribution is -0.121. The van der Waals surface area contributed by atoms with E-state index in [1.165, 1.54) is 4.68 Å². The SMILES string of the molecule is Cc1nn(CCC(=O)NCCC(C)C)c(=O)c2nn(-c3ccccc3)c(C)c12. The summed E-state index contributed by atoms with van der Waals surface area (Å²) in [5.74, 6) is 0.468. The molecule has 2 heterocycles. The summed E-state index contributed by atoms with van der Waals surface area (Å²) in [6, 6.07) is 9.70. The van der Waals surface area contributed by atoms with E-state index in [0.717, 1.165) is 28.9 Å². The molecule has 0 fully saturated rings. The van der Waals surface area contributed by atoms with Gasteiger partial charge in [-0.15, -0.1) is 0 Å². The number of hydrogen-bond acceptors (Lipinski definition) is 4. The van der Waals surface area contributed by atoms with E-state index < -0.39 is 0 Å². The molecule has 7 nitrogen and oxygen atoms in total. The van der Waals surface area contributed by atoms with Crippen LogP contribution in [-0.4, -0.2) is 32.0 Å². The summed E-state index contributed by atoms with van der Waals surface area (Å²) in [4.78, 5) is 24.9. The first-order chi connectivity index (χ1) is 13.4. The molecule has 0 aliphatic heterocycles. The van der Waals surface area contributed by atoms with Crippen molar-refractivity contribution in [1.82, 2.24) is 24.9 Å². The van der Waals surface area contributed by atoms with Gasteiger partial charge >= 0.3 is 0 Å². The predicted molar refractivity (Wildman–Crippen MR) is 110 cm³/mol. The van der Waals surface area contributed by atoms with Gasteiger partial charge in [0.2, 0.25) is 5.91 Å². The summed E-state index contributed by atoms with van der Waals surface area (Å²) in [7, 11) is 0. The lowest BCUT2D eigenvalue weighted by atomic mass is 10.1. The Hall–Kier alpha value is -2.96. The number of aryl methyl sites for hydroxylation is 3. The zero-order chi connectivity index (χ0) is 20.3. The van der Waals surface area contributed by atoms with Gasteiger partial charge in [0.15, 0.2) is 5.52 Å². The maximum absolute atomic E-state index is 12.9. The smallest absolute Gasteiger partial charge is 0.295 e. The third-order valence-corrected chi connectivity index (χ3v) is 4.78. The first kappa shape index (κ1) is 19.8. The Morgan fingerprint density at radius 3 is 2.54 bits per heavy atom. The van der Waals surface area contributed by atoms with Gasteiger partial charge in [-0.25, -0.2) is 9.36 Å². The van der Waals surface area contributed by atoms with Crippen molar-refractivity contribution in [2.45, 2.75) is 47.1 Å². The lowest BCUT2D eigenvalue weighted by Crippen LogP contribution is -2.30. The average molecular weight is 381 g/mol. The highest BCUT2D eigenvalue weighted by Crippen LogP contribution is 2.20. The molecule has 0 atom stereocenters. The number of hydrogen-bond donors (Lipinski definition) is 1. The second-order valence-corrected chi connectivity index (χ2v) is 7.45. The van der Waals surface area contributed by atoms with Crippen molar-refractivity contribution in [3.05, 3.63) is 52.1 Å². The van der Waals surface area contributed by atoms with Gasteiger partial charge in [0.05, 0.1) is 29.0 Å². The molecular formula is C21H27N5O2. The van der Waals surface area contributed by atoms with Crippen LogP contribution in [0.1, 0.15) is 38.1 Å². The van der Waals surface area contributed by atoms with Crippen molar-refractivity contribution < 1.29 is 4.79 Å². The van der Waals surface area contributed by atoms with E-state index in [-0.39, 0.29) is 24.4 Å². The van der Waals surface area contributed by atoms with Crippen molar-refractivity contribution in [3.8, 4) is 5.69 Å². The number of amides is 1. The maximum Gasteiger partial charge on any atom is 0.295 e. The minimum atomic E-state index is -0.270. The van der Waals surface area contributed by atoms with Gasteiger partial charge < -0.3 is 5.32 Å². The van der Waals surface area contributed by atoms with E-state index in [4.69, 9.17) is 0 Å². The molecule has 28 heavy (non-hydrogen) atoms. The molecule has 0 spiro atoms. The highest BCUT2D eigenvalue weighted by molar-refractivity contribution is 5.83. The molecule has 2 aromatic heterocycles. The summed E-state index contributed by atoms with van der Waals surface area (Å²) < 4.78 is 3.12. The van der Waals surface area contributed by atoms with Crippen LogP contribution >= 0.6 is 0 Å². The number of benzene rings is 1. The van der Waals surface area contributed by atoms with Gasteiger partial charge in [-0.2, -0.15) is 10.2 Å². The van der Waals surface area contributed by atoms with Crippen molar-refractivity contribution in [3.63, 3.8) is 0 Å². The molecule has 0 unspecified atom stereocenters. The zero-order valence-corrected chi connectivity index (χ0v) is 16.9. The summed E-state index contributed by atoms with van der Waals surface area (Å²) >= 11 is 0. The molecule has 7 heteroatoms. The van der Waals surface area contributed by atoms with Gasteiger partial charge in [-0.05, 0) is 38.3 Å². The number of nitrogens with one attached hydrogen (secondary N) is 1. The monoisotopic (exact) mass is 381 g/mol. The van der Waals surface area contributed by atoms with Gasteiger partial charge in [-0.3, -0.25) is 9.59 Å². The van der Waals surface area contributed by atoms with E-state index >= 15 is 0 Å². The number of aromatic nitrogens is 4. The van der Waals surface area contributed by atoms with Crippen molar-refractivity contribution in [1.29, 1.82) is 0 Å². The highest BCUT2D eigenvalue weighted by atomic mass is 16.2. The number of fused-ring (bicyclic) bond motifs is 1. The van der Waals surface area contributed by atoms with E-state index in [2.05, 4.69) is 29.4 Å². The molecule has 3 rings (SSSR count). The molecule has 3 aromatic rings. The maximum atomic E-state index is 12.9. The molecule has 0 aliphatic carbocycles. The molecule has 1 N–H and O–H groups in total. The number of carbonyl (C=O) groups is 1. The fourth-order valence-electron chi connectivity index (χ4n) is 3.25. The Balaban J connectivity index is 1.85. The highest BCUT2D eigenvalue weighted by Gasteiger charge is 2.17. The van der Waals surface area contributed by atoms with Crippen LogP contribution in [0.2, 0.25) is 0 Å². The molecule has 0 saturated heterocycles. The molecular weight excluding hydrogens is 354 g/mol. The second kappa shape index (κ2) is 8.37. The van der Waals surface area contributed by atoms with Gasteiger partial charge in [-0.1, -0.05) is 32.0 Å². The van der Waals surface area contributed by atoms with E-state index in [9.17, 15) is 9.59 Å². The zero-order valence-electron chi connectivity index (χ0n) is 16.9. The standard InChI is InChI=1S/C21H27N5O2/c1-14(2)10-12-22-18(27)11-13-25-21(28)20-19(15(3)23-25)16(4)26(24-20)17-8-6-5-7-9-17/h5-9,14H,10-13H2,1-4H3,(H,22,27). The molecule has 0 saturated carbocycles. The van der Waals surface area contributed by atoms with Gasteiger partial charge in [0.1, 0.15) is 0 Å². The fourth-order valence-corrected chi connectivity index (χ4v) is 3.25. The third kappa shape index (κ3) is 4.13. The molecule has 148 valence electrons. The summed E-state index contributed by atoms with van der Waals surface area (Å²) in [5.41, 5.74) is 2.62. The first-order valence-electron chi connectivity index (χ1n) is 9.67. The Kier molecular flexibility index (Phi) is 5.92. The lowest BCUT2D eigenvalue weighted by Gasteiger charge is -2.08. The van der Waals surface area contributed by atoms with Crippen LogP contribution in [-0.2, 0) is 11.3 Å². The molecule has 0 radical (unpaired) electrons. The van der Waals surface area contributed by atoms with E-state index in [1.54, 1.807) is 4.68 Å². The number of rotatable bonds is 7. The Labute approximate surface area is 164 Å². The largest absolute Gasteiger partial charge is 0.356 e. The van der Waals surface area contributed by atoms with Gasteiger partial charge in [0.25, 0.3) is 5.56 Å². The quantitative estimate of drug-likeness (QED) is 0.682. The van der Waals surface area contributed by atoms with Crippen LogP contribution in [0.5, 0.6) is 0 Å². The number of carbonyl (C=O) groups excluding carboxylic acids is 1. The van der Waals surface area contributed by atoms with E-state index in [1.807, 2.05) is 44.2 Å². The summed E-state index contributed by atoms with van der Waals surface area (Å²) in [5, 5.41) is 12.6. The van der Waals surface area contributed by atoms with Crippen molar-refractivity contribution in [2.75, 3.05) is 6.54 Å². The normalized spacial score (nSPS) is 11.3. The fraction of sp³-hybridized carbons (Fsp3) is 0.429. The average Bonchev–Trinajstić information content (AvgIpc) is 3.02. The molecule has 0 aliphatic rings. The Morgan fingerprint density at radius 1 is 1.14 bits per heavy atom. The first-order valence-corrected chi connectivity index (χ1v) is 9.67. The molecule has 1 amide bonds.